The maximum Gasteiger partial charge on any atom is 0.254 e. The van der Waals surface area contributed by atoms with Crippen molar-refractivity contribution < 1.29 is 22.4 Å². The highest BCUT2D eigenvalue weighted by atomic mass is 32.2. The Hall–Kier alpha value is -3.97. The number of rotatable bonds is 5. The van der Waals surface area contributed by atoms with Crippen molar-refractivity contribution in [1.82, 2.24) is 4.90 Å². The minimum absolute atomic E-state index is 0.0381. The van der Waals surface area contributed by atoms with Gasteiger partial charge < -0.3 is 9.32 Å². The van der Waals surface area contributed by atoms with E-state index in [0.29, 0.717) is 12.3 Å². The molecule has 0 fully saturated rings. The van der Waals surface area contributed by atoms with Crippen molar-refractivity contribution in [2.75, 3.05) is 0 Å². The van der Waals surface area contributed by atoms with Crippen molar-refractivity contribution in [1.29, 1.82) is 0 Å². The van der Waals surface area contributed by atoms with Gasteiger partial charge in [-0.1, -0.05) is 42.5 Å². The van der Waals surface area contributed by atoms with Crippen LogP contribution in [0.4, 0.5) is 0 Å². The second-order valence-corrected chi connectivity index (χ2v) is 9.65. The fourth-order valence-electron chi connectivity index (χ4n) is 3.99. The molecular formula is C26H19NO5S. The van der Waals surface area contributed by atoms with Gasteiger partial charge >= 0.3 is 0 Å². The van der Waals surface area contributed by atoms with Gasteiger partial charge in [0.25, 0.3) is 5.91 Å². The molecule has 0 unspecified atom stereocenters. The Kier molecular flexibility index (Phi) is 5.18. The van der Waals surface area contributed by atoms with Crippen molar-refractivity contribution in [2.24, 2.45) is 0 Å². The smallest absolute Gasteiger partial charge is 0.254 e. The fraction of sp³-hybridized carbons (Fsp3) is 0.0769. The largest absolute Gasteiger partial charge is 0.467 e. The molecule has 0 N–H and O–H groups in total. The summed E-state index contributed by atoms with van der Waals surface area (Å²) in [4.78, 5) is 27.8. The zero-order chi connectivity index (χ0) is 23.0. The number of nitrogens with zero attached hydrogens (tertiary/aromatic N) is 1. The summed E-state index contributed by atoms with van der Waals surface area (Å²) < 4.78 is 31.9. The Morgan fingerprint density at radius 2 is 1.52 bits per heavy atom. The lowest BCUT2D eigenvalue weighted by molar-refractivity contribution is 0.0717. The van der Waals surface area contributed by atoms with Gasteiger partial charge in [-0.2, -0.15) is 0 Å². The van der Waals surface area contributed by atoms with Crippen molar-refractivity contribution >= 4 is 21.5 Å². The van der Waals surface area contributed by atoms with Crippen molar-refractivity contribution in [3.05, 3.63) is 119 Å². The van der Waals surface area contributed by atoms with Crippen LogP contribution in [0.15, 0.2) is 105 Å². The van der Waals surface area contributed by atoms with Gasteiger partial charge in [-0.3, -0.25) is 9.59 Å². The number of fused-ring (bicyclic) bond motifs is 2. The third kappa shape index (κ3) is 3.76. The van der Waals surface area contributed by atoms with Crippen molar-refractivity contribution in [3.8, 4) is 0 Å². The number of carbonyl (C=O) groups excluding carboxylic acids is 2. The van der Waals surface area contributed by atoms with Crippen LogP contribution in [0, 0.1) is 0 Å². The number of benzene rings is 3. The van der Waals surface area contributed by atoms with E-state index in [2.05, 4.69) is 0 Å². The SMILES string of the molecule is O=C1c2ccccc2S(=O)(=O)c2cc(C(=O)N(Cc3ccccc3)Cc3ccco3)ccc21. The van der Waals surface area contributed by atoms with E-state index in [1.165, 1.54) is 36.6 Å². The standard InChI is InChI=1S/C26H19NO5S/c28-25-21-10-4-5-11-23(21)33(30,31)24-15-19(12-13-22(24)25)26(29)27(17-20-9-6-14-32-20)16-18-7-2-1-3-8-18/h1-15H,16-17H2. The number of furan rings is 1. The van der Waals surface area contributed by atoms with E-state index in [0.717, 1.165) is 5.56 Å². The first kappa shape index (κ1) is 20.9. The van der Waals surface area contributed by atoms with Gasteiger partial charge in [-0.05, 0) is 48.0 Å². The summed E-state index contributed by atoms with van der Waals surface area (Å²) >= 11 is 0. The van der Waals surface area contributed by atoms with Gasteiger partial charge in [0.2, 0.25) is 9.84 Å². The number of hydrogen-bond acceptors (Lipinski definition) is 5. The van der Waals surface area contributed by atoms with E-state index in [-0.39, 0.29) is 44.7 Å². The summed E-state index contributed by atoms with van der Waals surface area (Å²) in [5.74, 6) is -0.125. The second-order valence-electron chi connectivity index (χ2n) is 7.77. The van der Waals surface area contributed by atoms with Gasteiger partial charge in [-0.25, -0.2) is 8.42 Å². The molecule has 4 aromatic rings. The summed E-state index contributed by atoms with van der Waals surface area (Å²) in [7, 11) is -3.93. The average Bonchev–Trinajstić information content (AvgIpc) is 3.35. The average molecular weight is 458 g/mol. The quantitative estimate of drug-likeness (QED) is 0.388. The topological polar surface area (TPSA) is 84.7 Å². The molecule has 7 heteroatoms. The zero-order valence-electron chi connectivity index (χ0n) is 17.5. The van der Waals surface area contributed by atoms with E-state index >= 15 is 0 Å². The van der Waals surface area contributed by atoms with Gasteiger partial charge in [-0.15, -0.1) is 0 Å². The van der Waals surface area contributed by atoms with Crippen LogP contribution < -0.4 is 0 Å². The molecule has 0 spiro atoms. The number of amides is 1. The van der Waals surface area contributed by atoms with Crippen LogP contribution >= 0.6 is 0 Å². The lowest BCUT2D eigenvalue weighted by Crippen LogP contribution is -2.30. The molecule has 3 aromatic carbocycles. The molecule has 0 atom stereocenters. The Morgan fingerprint density at radius 3 is 2.27 bits per heavy atom. The molecule has 5 rings (SSSR count). The maximum absolute atomic E-state index is 13.5. The second kappa shape index (κ2) is 8.18. The molecule has 0 aliphatic carbocycles. The molecule has 1 aromatic heterocycles. The Bertz CT molecular complexity index is 1460. The molecule has 1 aliphatic rings. The van der Waals surface area contributed by atoms with Crippen LogP contribution in [0.2, 0.25) is 0 Å². The summed E-state index contributed by atoms with van der Waals surface area (Å²) in [6, 6.07) is 23.4. The number of sulfone groups is 1. The highest BCUT2D eigenvalue weighted by Gasteiger charge is 2.35. The van der Waals surface area contributed by atoms with Crippen LogP contribution in [-0.2, 0) is 22.9 Å². The first-order chi connectivity index (χ1) is 15.9. The number of hydrogen-bond donors (Lipinski definition) is 0. The van der Waals surface area contributed by atoms with E-state index in [4.69, 9.17) is 4.42 Å². The fourth-order valence-corrected chi connectivity index (χ4v) is 5.67. The first-order valence-electron chi connectivity index (χ1n) is 10.3. The van der Waals surface area contributed by atoms with Crippen LogP contribution in [0.25, 0.3) is 0 Å². The molecule has 0 bridgehead atoms. The third-order valence-corrected chi connectivity index (χ3v) is 7.47. The van der Waals surface area contributed by atoms with Gasteiger partial charge in [0.1, 0.15) is 5.76 Å². The molecule has 0 saturated heterocycles. The van der Waals surface area contributed by atoms with Crippen LogP contribution in [0.1, 0.15) is 37.6 Å². The Balaban J connectivity index is 1.54. The Morgan fingerprint density at radius 1 is 0.788 bits per heavy atom. The molecular weight excluding hydrogens is 438 g/mol. The van der Waals surface area contributed by atoms with Crippen LogP contribution in [0.5, 0.6) is 0 Å². The third-order valence-electron chi connectivity index (χ3n) is 5.61. The maximum atomic E-state index is 13.5. The van der Waals surface area contributed by atoms with Gasteiger partial charge in [0, 0.05) is 23.2 Å². The summed E-state index contributed by atoms with van der Waals surface area (Å²) in [6.45, 7) is 0.526. The molecule has 2 heterocycles. The minimum atomic E-state index is -3.93. The lowest BCUT2D eigenvalue weighted by atomic mass is 10.0. The van der Waals surface area contributed by atoms with Crippen LogP contribution in [0.3, 0.4) is 0 Å². The Labute approximate surface area is 191 Å². The monoisotopic (exact) mass is 457 g/mol. The number of ketones is 1. The lowest BCUT2D eigenvalue weighted by Gasteiger charge is -2.24. The highest BCUT2D eigenvalue weighted by Crippen LogP contribution is 2.35. The number of carbonyl (C=O) groups is 2. The van der Waals surface area contributed by atoms with Crippen molar-refractivity contribution in [3.63, 3.8) is 0 Å². The molecule has 33 heavy (non-hydrogen) atoms. The molecule has 1 amide bonds. The predicted molar refractivity (Wildman–Crippen MR) is 120 cm³/mol. The molecule has 0 saturated carbocycles. The van der Waals surface area contributed by atoms with E-state index < -0.39 is 9.84 Å². The minimum Gasteiger partial charge on any atom is -0.467 e. The zero-order valence-corrected chi connectivity index (χ0v) is 18.3. The predicted octanol–water partition coefficient (Wildman–Crippen LogP) is 4.50. The van der Waals surface area contributed by atoms with Crippen molar-refractivity contribution in [2.45, 2.75) is 22.9 Å². The van der Waals surface area contributed by atoms with E-state index in [1.54, 1.807) is 29.2 Å². The molecule has 6 nitrogen and oxygen atoms in total. The molecule has 1 aliphatic heterocycles. The highest BCUT2D eigenvalue weighted by molar-refractivity contribution is 7.91. The van der Waals surface area contributed by atoms with Gasteiger partial charge in [0.05, 0.1) is 22.6 Å². The molecule has 164 valence electrons. The first-order valence-corrected chi connectivity index (χ1v) is 11.8. The van der Waals surface area contributed by atoms with Gasteiger partial charge in [0.15, 0.2) is 5.78 Å². The summed E-state index contributed by atoms with van der Waals surface area (Å²) in [5, 5.41) is 0. The van der Waals surface area contributed by atoms with Crippen LogP contribution in [-0.4, -0.2) is 25.0 Å². The molecule has 0 radical (unpaired) electrons. The van der Waals surface area contributed by atoms with E-state index in [9.17, 15) is 18.0 Å². The summed E-state index contributed by atoms with van der Waals surface area (Å²) in [6.07, 6.45) is 1.54. The normalized spacial score (nSPS) is 13.8. The summed E-state index contributed by atoms with van der Waals surface area (Å²) in [5.41, 5.74) is 1.33. The van der Waals surface area contributed by atoms with E-state index in [1.807, 2.05) is 30.3 Å².